The lowest BCUT2D eigenvalue weighted by Crippen LogP contribution is -2.22. The molecule has 1 heterocycles. The molecule has 100 valence electrons. The van der Waals surface area contributed by atoms with Crippen LogP contribution in [-0.4, -0.2) is 19.2 Å². The first-order valence-corrected chi connectivity index (χ1v) is 7.12. The highest BCUT2D eigenvalue weighted by atomic mass is 16.5. The number of ether oxygens (including phenoxy) is 1. The zero-order valence-corrected chi connectivity index (χ0v) is 11.8. The fraction of sp³-hybridized carbons (Fsp3) is 0.625. The van der Waals surface area contributed by atoms with Gasteiger partial charge in [0.25, 0.3) is 0 Å². The maximum atomic E-state index is 5.96. The van der Waals surface area contributed by atoms with E-state index < -0.39 is 0 Å². The molecule has 0 radical (unpaired) electrons. The van der Waals surface area contributed by atoms with Gasteiger partial charge in [-0.2, -0.15) is 0 Å². The van der Waals surface area contributed by atoms with Crippen LogP contribution in [0.1, 0.15) is 37.8 Å². The van der Waals surface area contributed by atoms with Gasteiger partial charge in [-0.3, -0.25) is 0 Å². The summed E-state index contributed by atoms with van der Waals surface area (Å²) >= 11 is 0. The van der Waals surface area contributed by atoms with Gasteiger partial charge in [0, 0.05) is 6.42 Å². The summed E-state index contributed by atoms with van der Waals surface area (Å²) in [5, 5.41) is 3.48. The van der Waals surface area contributed by atoms with Crippen LogP contribution in [0.5, 0.6) is 5.75 Å². The Morgan fingerprint density at radius 2 is 2.22 bits per heavy atom. The highest BCUT2D eigenvalue weighted by Gasteiger charge is 2.21. The summed E-state index contributed by atoms with van der Waals surface area (Å²) in [6.45, 7) is 8.85. The van der Waals surface area contributed by atoms with E-state index in [1.54, 1.807) is 0 Å². The molecule has 0 aromatic heterocycles. The summed E-state index contributed by atoms with van der Waals surface area (Å²) in [5.74, 6) is 1.83. The molecule has 1 aromatic carbocycles. The second kappa shape index (κ2) is 6.24. The van der Waals surface area contributed by atoms with Crippen molar-refractivity contribution in [1.82, 2.24) is 5.32 Å². The third-order valence-corrected chi connectivity index (χ3v) is 3.39. The second-order valence-corrected chi connectivity index (χ2v) is 5.80. The van der Waals surface area contributed by atoms with Gasteiger partial charge in [0.2, 0.25) is 0 Å². The highest BCUT2D eigenvalue weighted by molar-refractivity contribution is 5.40. The van der Waals surface area contributed by atoms with Crippen molar-refractivity contribution in [1.29, 1.82) is 0 Å². The Hall–Kier alpha value is -1.02. The largest absolute Gasteiger partial charge is 0.490 e. The van der Waals surface area contributed by atoms with E-state index in [9.17, 15) is 0 Å². The van der Waals surface area contributed by atoms with Crippen molar-refractivity contribution in [2.45, 2.75) is 46.1 Å². The number of nitrogens with one attached hydrogen (secondary N) is 1. The summed E-state index contributed by atoms with van der Waals surface area (Å²) in [6.07, 6.45) is 3.83. The summed E-state index contributed by atoms with van der Waals surface area (Å²) in [5.41, 5.74) is 2.71. The smallest absolute Gasteiger partial charge is 0.123 e. The van der Waals surface area contributed by atoms with Crippen LogP contribution in [0.2, 0.25) is 0 Å². The number of hydrogen-bond acceptors (Lipinski definition) is 2. The van der Waals surface area contributed by atoms with Crippen LogP contribution >= 0.6 is 0 Å². The van der Waals surface area contributed by atoms with Crippen LogP contribution in [0.3, 0.4) is 0 Å². The van der Waals surface area contributed by atoms with Gasteiger partial charge in [-0.1, -0.05) is 31.5 Å². The van der Waals surface area contributed by atoms with Gasteiger partial charge in [-0.15, -0.1) is 0 Å². The molecule has 0 amide bonds. The zero-order chi connectivity index (χ0) is 13.0. The van der Waals surface area contributed by atoms with E-state index in [1.807, 2.05) is 0 Å². The molecular weight excluding hydrogens is 222 g/mol. The second-order valence-electron chi connectivity index (χ2n) is 5.80. The molecule has 1 aliphatic heterocycles. The first-order chi connectivity index (χ1) is 8.65. The zero-order valence-electron chi connectivity index (χ0n) is 11.8. The van der Waals surface area contributed by atoms with Crippen LogP contribution in [0, 0.1) is 12.8 Å². The average Bonchev–Trinajstić information content (AvgIpc) is 2.70. The first-order valence-electron chi connectivity index (χ1n) is 7.12. The Morgan fingerprint density at radius 1 is 1.39 bits per heavy atom. The van der Waals surface area contributed by atoms with Crippen molar-refractivity contribution in [3.05, 3.63) is 29.3 Å². The van der Waals surface area contributed by atoms with E-state index in [0.29, 0.717) is 6.10 Å². The van der Waals surface area contributed by atoms with Crippen molar-refractivity contribution < 1.29 is 4.74 Å². The lowest BCUT2D eigenvalue weighted by molar-refractivity contribution is 0.217. The molecule has 2 nitrogen and oxygen atoms in total. The molecular formula is C16H25NO. The van der Waals surface area contributed by atoms with Gasteiger partial charge >= 0.3 is 0 Å². The van der Waals surface area contributed by atoms with E-state index in [-0.39, 0.29) is 0 Å². The van der Waals surface area contributed by atoms with Gasteiger partial charge < -0.3 is 10.1 Å². The van der Waals surface area contributed by atoms with Crippen LogP contribution in [0.4, 0.5) is 0 Å². The van der Waals surface area contributed by atoms with E-state index in [1.165, 1.54) is 17.5 Å². The summed E-state index contributed by atoms with van der Waals surface area (Å²) < 4.78 is 5.96. The minimum absolute atomic E-state index is 0.391. The lowest BCUT2D eigenvalue weighted by atomic mass is 10.0. The Morgan fingerprint density at radius 3 is 3.00 bits per heavy atom. The molecule has 1 aliphatic rings. The van der Waals surface area contributed by atoms with Gasteiger partial charge in [-0.25, -0.2) is 0 Å². The van der Waals surface area contributed by atoms with Crippen LogP contribution < -0.4 is 10.1 Å². The van der Waals surface area contributed by atoms with E-state index in [2.05, 4.69) is 44.3 Å². The number of fused-ring (bicyclic) bond motifs is 1. The Kier molecular flexibility index (Phi) is 4.65. The van der Waals surface area contributed by atoms with Gasteiger partial charge in [0.1, 0.15) is 11.9 Å². The van der Waals surface area contributed by atoms with E-state index >= 15 is 0 Å². The molecule has 0 fully saturated rings. The highest BCUT2D eigenvalue weighted by Crippen LogP contribution is 2.30. The lowest BCUT2D eigenvalue weighted by Gasteiger charge is -2.11. The molecule has 1 unspecified atom stereocenters. The van der Waals surface area contributed by atoms with Crippen molar-refractivity contribution in [3.63, 3.8) is 0 Å². The topological polar surface area (TPSA) is 21.3 Å². The summed E-state index contributed by atoms with van der Waals surface area (Å²) in [4.78, 5) is 0. The van der Waals surface area contributed by atoms with Gasteiger partial charge in [0.15, 0.2) is 0 Å². The maximum Gasteiger partial charge on any atom is 0.123 e. The molecule has 2 rings (SSSR count). The monoisotopic (exact) mass is 247 g/mol. The van der Waals surface area contributed by atoms with Crippen LogP contribution in [0.25, 0.3) is 0 Å². The first kappa shape index (κ1) is 13.4. The summed E-state index contributed by atoms with van der Waals surface area (Å²) in [6, 6.07) is 6.50. The fourth-order valence-corrected chi connectivity index (χ4v) is 2.46. The number of benzene rings is 1. The van der Waals surface area contributed by atoms with Crippen molar-refractivity contribution >= 4 is 0 Å². The fourth-order valence-electron chi connectivity index (χ4n) is 2.46. The molecule has 1 N–H and O–H groups in total. The van der Waals surface area contributed by atoms with Crippen molar-refractivity contribution in [3.8, 4) is 5.75 Å². The minimum atomic E-state index is 0.391. The predicted octanol–water partition coefficient (Wildman–Crippen LogP) is 3.32. The van der Waals surface area contributed by atoms with Crippen LogP contribution in [0.15, 0.2) is 18.2 Å². The van der Waals surface area contributed by atoms with Crippen molar-refractivity contribution in [2.75, 3.05) is 13.1 Å². The molecule has 1 aromatic rings. The molecule has 1 atom stereocenters. The SMILES string of the molecule is Cc1ccc2c(c1)CC(CCCNCC(C)C)O2. The molecule has 0 spiro atoms. The number of hydrogen-bond donors (Lipinski definition) is 1. The Bertz CT molecular complexity index is 387. The average molecular weight is 247 g/mol. The molecule has 0 aliphatic carbocycles. The quantitative estimate of drug-likeness (QED) is 0.779. The van der Waals surface area contributed by atoms with Crippen molar-refractivity contribution in [2.24, 2.45) is 5.92 Å². The minimum Gasteiger partial charge on any atom is -0.490 e. The van der Waals surface area contributed by atoms with Crippen LogP contribution in [-0.2, 0) is 6.42 Å². The summed E-state index contributed by atoms with van der Waals surface area (Å²) in [7, 11) is 0. The third-order valence-electron chi connectivity index (χ3n) is 3.39. The molecule has 0 saturated heterocycles. The molecule has 2 heteroatoms. The van der Waals surface area contributed by atoms with Gasteiger partial charge in [0.05, 0.1) is 0 Å². The molecule has 0 saturated carbocycles. The van der Waals surface area contributed by atoms with E-state index in [4.69, 9.17) is 4.74 Å². The standard InChI is InChI=1S/C16H25NO/c1-12(2)11-17-8-4-5-15-10-14-9-13(3)6-7-16(14)18-15/h6-7,9,12,15,17H,4-5,8,10-11H2,1-3H3. The Balaban J connectivity index is 1.68. The van der Waals surface area contributed by atoms with Gasteiger partial charge in [-0.05, 0) is 50.4 Å². The number of aryl methyl sites for hydroxylation is 1. The number of rotatable bonds is 6. The maximum absolute atomic E-state index is 5.96. The third kappa shape index (κ3) is 3.74. The predicted molar refractivity (Wildman–Crippen MR) is 76.2 cm³/mol. The molecule has 0 bridgehead atoms. The normalized spacial score (nSPS) is 17.9. The van der Waals surface area contributed by atoms with E-state index in [0.717, 1.165) is 37.6 Å². The Labute approximate surface area is 111 Å². The molecule has 18 heavy (non-hydrogen) atoms.